The summed E-state index contributed by atoms with van der Waals surface area (Å²) in [7, 11) is 1.64. The zero-order chi connectivity index (χ0) is 15.1. The number of piperidine rings is 1. The molecule has 0 aromatic heterocycles. The SMILES string of the molecule is COc1cccc(CC(=O)NCCN2CCCC(C)C2)c1. The zero-order valence-electron chi connectivity index (χ0n) is 13.1. The highest BCUT2D eigenvalue weighted by Crippen LogP contribution is 2.15. The Labute approximate surface area is 127 Å². The van der Waals surface area contributed by atoms with Gasteiger partial charge in [0.25, 0.3) is 0 Å². The molecule has 21 heavy (non-hydrogen) atoms. The van der Waals surface area contributed by atoms with Crippen molar-refractivity contribution in [2.24, 2.45) is 5.92 Å². The number of benzene rings is 1. The number of carbonyl (C=O) groups excluding carboxylic acids is 1. The normalized spacial score (nSPS) is 19.2. The smallest absolute Gasteiger partial charge is 0.224 e. The number of nitrogens with zero attached hydrogens (tertiary/aromatic N) is 1. The number of nitrogens with one attached hydrogen (secondary N) is 1. The van der Waals surface area contributed by atoms with Gasteiger partial charge in [-0.25, -0.2) is 0 Å². The molecule has 1 heterocycles. The Balaban J connectivity index is 1.69. The topological polar surface area (TPSA) is 41.6 Å². The van der Waals surface area contributed by atoms with Crippen LogP contribution in [0.4, 0.5) is 0 Å². The molecule has 2 rings (SSSR count). The minimum absolute atomic E-state index is 0.0771. The minimum Gasteiger partial charge on any atom is -0.497 e. The summed E-state index contributed by atoms with van der Waals surface area (Å²) in [5, 5.41) is 3.01. The number of ether oxygens (including phenoxy) is 1. The third-order valence-corrected chi connectivity index (χ3v) is 3.99. The predicted molar refractivity (Wildman–Crippen MR) is 84.5 cm³/mol. The van der Waals surface area contributed by atoms with E-state index in [1.165, 1.54) is 12.8 Å². The highest BCUT2D eigenvalue weighted by Gasteiger charge is 2.15. The van der Waals surface area contributed by atoms with E-state index >= 15 is 0 Å². The first-order valence-electron chi connectivity index (χ1n) is 7.79. The molecule has 0 bridgehead atoms. The van der Waals surface area contributed by atoms with Gasteiger partial charge in [0.05, 0.1) is 13.5 Å². The van der Waals surface area contributed by atoms with Crippen LogP contribution in [0.3, 0.4) is 0 Å². The van der Waals surface area contributed by atoms with Crippen molar-refractivity contribution in [2.75, 3.05) is 33.3 Å². The van der Waals surface area contributed by atoms with Gasteiger partial charge in [0, 0.05) is 19.6 Å². The lowest BCUT2D eigenvalue weighted by Gasteiger charge is -2.30. The molecule has 1 unspecified atom stereocenters. The fourth-order valence-corrected chi connectivity index (χ4v) is 2.87. The first-order valence-corrected chi connectivity index (χ1v) is 7.79. The molecule has 1 aliphatic rings. The molecule has 0 aliphatic carbocycles. The fraction of sp³-hybridized carbons (Fsp3) is 0.588. The van der Waals surface area contributed by atoms with Crippen LogP contribution >= 0.6 is 0 Å². The van der Waals surface area contributed by atoms with Crippen LogP contribution in [-0.2, 0) is 11.2 Å². The molecule has 0 radical (unpaired) electrons. The van der Waals surface area contributed by atoms with Gasteiger partial charge in [0.1, 0.15) is 5.75 Å². The summed E-state index contributed by atoms with van der Waals surface area (Å²) in [6.45, 7) is 6.30. The van der Waals surface area contributed by atoms with Gasteiger partial charge in [-0.15, -0.1) is 0 Å². The van der Waals surface area contributed by atoms with Gasteiger partial charge in [-0.05, 0) is 43.0 Å². The van der Waals surface area contributed by atoms with Crippen LogP contribution in [0.15, 0.2) is 24.3 Å². The number of hydrogen-bond donors (Lipinski definition) is 1. The highest BCUT2D eigenvalue weighted by atomic mass is 16.5. The van der Waals surface area contributed by atoms with Crippen LogP contribution in [0.2, 0.25) is 0 Å². The van der Waals surface area contributed by atoms with Gasteiger partial charge >= 0.3 is 0 Å². The molecule has 1 fully saturated rings. The van der Waals surface area contributed by atoms with E-state index in [1.807, 2.05) is 24.3 Å². The molecule has 0 spiro atoms. The average molecular weight is 290 g/mol. The third-order valence-electron chi connectivity index (χ3n) is 3.99. The molecular weight excluding hydrogens is 264 g/mol. The van der Waals surface area contributed by atoms with Gasteiger partial charge in [0.15, 0.2) is 0 Å². The molecule has 1 aliphatic heterocycles. The Bertz CT molecular complexity index is 462. The summed E-state index contributed by atoms with van der Waals surface area (Å²) in [6, 6.07) is 7.66. The fourth-order valence-electron chi connectivity index (χ4n) is 2.87. The Morgan fingerprint density at radius 1 is 1.48 bits per heavy atom. The van der Waals surface area contributed by atoms with Crippen molar-refractivity contribution in [2.45, 2.75) is 26.2 Å². The van der Waals surface area contributed by atoms with Crippen LogP contribution in [0, 0.1) is 5.92 Å². The van der Waals surface area contributed by atoms with Crippen LogP contribution < -0.4 is 10.1 Å². The maximum absolute atomic E-state index is 11.9. The maximum atomic E-state index is 11.9. The molecule has 1 aromatic rings. The second-order valence-electron chi connectivity index (χ2n) is 5.93. The summed E-state index contributed by atoms with van der Waals surface area (Å²) in [4.78, 5) is 14.4. The van der Waals surface area contributed by atoms with Crippen molar-refractivity contribution >= 4 is 5.91 Å². The van der Waals surface area contributed by atoms with Gasteiger partial charge in [0.2, 0.25) is 5.91 Å². The van der Waals surface area contributed by atoms with Crippen LogP contribution in [-0.4, -0.2) is 44.1 Å². The van der Waals surface area contributed by atoms with E-state index < -0.39 is 0 Å². The summed E-state index contributed by atoms with van der Waals surface area (Å²) >= 11 is 0. The number of methoxy groups -OCH3 is 1. The average Bonchev–Trinajstić information content (AvgIpc) is 2.47. The number of hydrogen-bond acceptors (Lipinski definition) is 3. The first-order chi connectivity index (χ1) is 10.2. The van der Waals surface area contributed by atoms with Crippen molar-refractivity contribution in [3.8, 4) is 5.75 Å². The van der Waals surface area contributed by atoms with Crippen molar-refractivity contribution in [1.29, 1.82) is 0 Å². The largest absolute Gasteiger partial charge is 0.497 e. The van der Waals surface area contributed by atoms with Crippen LogP contribution in [0.5, 0.6) is 5.75 Å². The number of amides is 1. The summed E-state index contributed by atoms with van der Waals surface area (Å²) in [5.41, 5.74) is 0.985. The summed E-state index contributed by atoms with van der Waals surface area (Å²) in [6.07, 6.45) is 3.02. The van der Waals surface area contributed by atoms with Crippen molar-refractivity contribution in [3.05, 3.63) is 29.8 Å². The molecule has 1 atom stereocenters. The van der Waals surface area contributed by atoms with E-state index in [0.717, 1.165) is 43.4 Å². The van der Waals surface area contributed by atoms with Gasteiger partial charge in [-0.2, -0.15) is 0 Å². The van der Waals surface area contributed by atoms with E-state index in [4.69, 9.17) is 4.74 Å². The standard InChI is InChI=1S/C17H26N2O2/c1-14-5-4-9-19(13-14)10-8-18-17(20)12-15-6-3-7-16(11-15)21-2/h3,6-7,11,14H,4-5,8-10,12-13H2,1-2H3,(H,18,20). The van der Waals surface area contributed by atoms with Crippen LogP contribution in [0.1, 0.15) is 25.3 Å². The van der Waals surface area contributed by atoms with E-state index in [-0.39, 0.29) is 5.91 Å². The van der Waals surface area contributed by atoms with Gasteiger partial charge < -0.3 is 15.0 Å². The molecule has 1 saturated heterocycles. The quantitative estimate of drug-likeness (QED) is 0.872. The molecule has 4 heteroatoms. The van der Waals surface area contributed by atoms with E-state index in [0.29, 0.717) is 6.42 Å². The second kappa shape index (κ2) is 8.03. The summed E-state index contributed by atoms with van der Waals surface area (Å²) in [5.74, 6) is 1.65. The minimum atomic E-state index is 0.0771. The first kappa shape index (κ1) is 15.8. The van der Waals surface area contributed by atoms with E-state index in [1.54, 1.807) is 7.11 Å². The number of rotatable bonds is 6. The molecule has 1 N–H and O–H groups in total. The lowest BCUT2D eigenvalue weighted by molar-refractivity contribution is -0.120. The van der Waals surface area contributed by atoms with Gasteiger partial charge in [-0.1, -0.05) is 19.1 Å². The Morgan fingerprint density at radius 2 is 2.33 bits per heavy atom. The molecular formula is C17H26N2O2. The van der Waals surface area contributed by atoms with Crippen molar-refractivity contribution in [3.63, 3.8) is 0 Å². The maximum Gasteiger partial charge on any atom is 0.224 e. The Hall–Kier alpha value is -1.55. The van der Waals surface area contributed by atoms with Gasteiger partial charge in [-0.3, -0.25) is 4.79 Å². The summed E-state index contributed by atoms with van der Waals surface area (Å²) < 4.78 is 5.17. The second-order valence-corrected chi connectivity index (χ2v) is 5.93. The molecule has 1 amide bonds. The number of likely N-dealkylation sites (tertiary alicyclic amines) is 1. The molecule has 4 nitrogen and oxygen atoms in total. The Morgan fingerprint density at radius 3 is 3.10 bits per heavy atom. The highest BCUT2D eigenvalue weighted by molar-refractivity contribution is 5.78. The van der Waals surface area contributed by atoms with E-state index in [2.05, 4.69) is 17.1 Å². The third kappa shape index (κ3) is 5.38. The monoisotopic (exact) mass is 290 g/mol. The molecule has 1 aromatic carbocycles. The lowest BCUT2D eigenvalue weighted by atomic mass is 10.0. The van der Waals surface area contributed by atoms with E-state index in [9.17, 15) is 4.79 Å². The predicted octanol–water partition coefficient (Wildman–Crippen LogP) is 2.09. The molecule has 116 valence electrons. The lowest BCUT2D eigenvalue weighted by Crippen LogP contribution is -2.40. The number of carbonyl (C=O) groups is 1. The Kier molecular flexibility index (Phi) is 6.05. The van der Waals surface area contributed by atoms with Crippen LogP contribution in [0.25, 0.3) is 0 Å². The van der Waals surface area contributed by atoms with Crippen molar-refractivity contribution < 1.29 is 9.53 Å². The van der Waals surface area contributed by atoms with Crippen molar-refractivity contribution in [1.82, 2.24) is 10.2 Å². The molecule has 0 saturated carbocycles. The zero-order valence-corrected chi connectivity index (χ0v) is 13.1.